The van der Waals surface area contributed by atoms with Crippen LogP contribution in [0.5, 0.6) is 0 Å². The summed E-state index contributed by atoms with van der Waals surface area (Å²) >= 11 is 5.91. The molecule has 0 saturated heterocycles. The number of carbonyl (C=O) groups excluding carboxylic acids is 1. The van der Waals surface area contributed by atoms with E-state index in [0.717, 1.165) is 5.56 Å². The van der Waals surface area contributed by atoms with E-state index in [1.54, 1.807) is 36.4 Å². The van der Waals surface area contributed by atoms with Gasteiger partial charge in [0.15, 0.2) is 0 Å². The Bertz CT molecular complexity index is 1440. The first-order valence-electron chi connectivity index (χ1n) is 10.6. The third-order valence-electron chi connectivity index (χ3n) is 5.47. The Morgan fingerprint density at radius 1 is 1.09 bits per heavy atom. The average Bonchev–Trinajstić information content (AvgIpc) is 3.14. The van der Waals surface area contributed by atoms with Crippen molar-refractivity contribution < 1.29 is 14.7 Å². The topological polar surface area (TPSA) is 108 Å². The molecule has 3 aromatic carbocycles. The van der Waals surface area contributed by atoms with Crippen molar-refractivity contribution >= 4 is 34.5 Å². The summed E-state index contributed by atoms with van der Waals surface area (Å²) < 4.78 is 1.81. The van der Waals surface area contributed by atoms with Crippen LogP contribution < -0.4 is 5.32 Å². The fourth-order valence-corrected chi connectivity index (χ4v) is 3.99. The second kappa shape index (κ2) is 9.77. The summed E-state index contributed by atoms with van der Waals surface area (Å²) in [5.74, 6) is -0.524. The SMILES string of the molecule is Cc1nc2ccc(C(=O)NCCc3ccc(Cl)cc3)cc2n1-c1ccc(CC(=O)O)cc1C#N. The number of nitriles is 1. The first kappa shape index (κ1) is 23.0. The maximum absolute atomic E-state index is 12.8. The molecule has 8 heteroatoms. The minimum Gasteiger partial charge on any atom is -0.481 e. The highest BCUT2D eigenvalue weighted by Gasteiger charge is 2.16. The van der Waals surface area contributed by atoms with Crippen LogP contribution in [0.3, 0.4) is 0 Å². The van der Waals surface area contributed by atoms with Crippen molar-refractivity contribution in [2.45, 2.75) is 19.8 Å². The molecule has 1 aromatic heterocycles. The van der Waals surface area contributed by atoms with Crippen molar-refractivity contribution in [3.8, 4) is 11.8 Å². The molecule has 0 radical (unpaired) electrons. The van der Waals surface area contributed by atoms with Crippen LogP contribution >= 0.6 is 11.6 Å². The fourth-order valence-electron chi connectivity index (χ4n) is 3.87. The predicted octanol–water partition coefficient (Wildman–Crippen LogP) is 4.46. The van der Waals surface area contributed by atoms with E-state index in [4.69, 9.17) is 16.7 Å². The number of carboxylic acids is 1. The number of halogens is 1. The number of nitrogens with zero attached hydrogens (tertiary/aromatic N) is 3. The van der Waals surface area contributed by atoms with E-state index in [2.05, 4.69) is 16.4 Å². The second-order valence-electron chi connectivity index (χ2n) is 7.86. The van der Waals surface area contributed by atoms with Crippen molar-refractivity contribution in [3.63, 3.8) is 0 Å². The number of carboxylic acid groups (broad SMARTS) is 1. The van der Waals surface area contributed by atoms with Gasteiger partial charge in [-0.05, 0) is 66.9 Å². The normalized spacial score (nSPS) is 10.7. The summed E-state index contributed by atoms with van der Waals surface area (Å²) in [6.07, 6.45) is 0.509. The first-order valence-corrected chi connectivity index (χ1v) is 11.0. The third kappa shape index (κ3) is 4.92. The number of rotatable bonds is 7. The number of aromatic nitrogens is 2. The Hall–Kier alpha value is -4.15. The highest BCUT2D eigenvalue weighted by atomic mass is 35.5. The van der Waals surface area contributed by atoms with E-state index >= 15 is 0 Å². The van der Waals surface area contributed by atoms with Gasteiger partial charge in [-0.25, -0.2) is 4.98 Å². The minimum absolute atomic E-state index is 0.168. The second-order valence-corrected chi connectivity index (χ2v) is 8.30. The number of benzene rings is 3. The molecule has 0 aliphatic heterocycles. The number of aryl methyl sites for hydroxylation is 1. The minimum atomic E-state index is -0.965. The number of hydrogen-bond acceptors (Lipinski definition) is 4. The summed E-state index contributed by atoms with van der Waals surface area (Å²) in [4.78, 5) is 28.4. The standard InChI is InChI=1S/C26H21ClN4O3/c1-16-30-22-8-5-19(26(34)29-11-10-17-2-6-21(27)7-3-17)14-24(22)31(16)23-9-4-18(13-25(32)33)12-20(23)15-28/h2-9,12,14H,10-11,13H2,1H3,(H,29,34)(H,32,33). The molecule has 1 amide bonds. The number of carbonyl (C=O) groups is 2. The van der Waals surface area contributed by atoms with Gasteiger partial charge in [-0.1, -0.05) is 29.8 Å². The molecule has 170 valence electrons. The van der Waals surface area contributed by atoms with Crippen molar-refractivity contribution in [2.24, 2.45) is 0 Å². The van der Waals surface area contributed by atoms with Gasteiger partial charge in [0, 0.05) is 17.1 Å². The number of imidazole rings is 1. The lowest BCUT2D eigenvalue weighted by Gasteiger charge is -2.11. The van der Waals surface area contributed by atoms with E-state index in [1.165, 1.54) is 0 Å². The van der Waals surface area contributed by atoms with Crippen LogP contribution in [0, 0.1) is 18.3 Å². The Kier molecular flexibility index (Phi) is 6.62. The van der Waals surface area contributed by atoms with Gasteiger partial charge in [-0.3, -0.25) is 14.2 Å². The van der Waals surface area contributed by atoms with Crippen LogP contribution in [0.2, 0.25) is 5.02 Å². The van der Waals surface area contributed by atoms with Crippen LogP contribution in [0.1, 0.15) is 32.9 Å². The number of hydrogen-bond donors (Lipinski definition) is 2. The molecule has 7 nitrogen and oxygen atoms in total. The van der Waals surface area contributed by atoms with E-state index in [-0.39, 0.29) is 12.3 Å². The molecular formula is C26H21ClN4O3. The first-order chi connectivity index (χ1) is 16.4. The molecule has 2 N–H and O–H groups in total. The van der Waals surface area contributed by atoms with Crippen LogP contribution in [0.15, 0.2) is 60.7 Å². The average molecular weight is 473 g/mol. The van der Waals surface area contributed by atoms with Gasteiger partial charge in [0.25, 0.3) is 5.91 Å². The molecule has 0 atom stereocenters. The van der Waals surface area contributed by atoms with Gasteiger partial charge in [-0.2, -0.15) is 5.26 Å². The summed E-state index contributed by atoms with van der Waals surface area (Å²) in [7, 11) is 0. The number of amides is 1. The smallest absolute Gasteiger partial charge is 0.307 e. The zero-order valence-corrected chi connectivity index (χ0v) is 19.1. The lowest BCUT2D eigenvalue weighted by atomic mass is 10.1. The highest BCUT2D eigenvalue weighted by molar-refractivity contribution is 6.30. The van der Waals surface area contributed by atoms with Crippen LogP contribution in [0.25, 0.3) is 16.7 Å². The molecule has 0 aliphatic carbocycles. The zero-order chi connectivity index (χ0) is 24.2. The maximum Gasteiger partial charge on any atom is 0.307 e. The molecule has 1 heterocycles. The Morgan fingerprint density at radius 2 is 1.82 bits per heavy atom. The molecule has 0 unspecified atom stereocenters. The Balaban J connectivity index is 1.61. The Morgan fingerprint density at radius 3 is 2.53 bits per heavy atom. The Labute approximate surface area is 201 Å². The van der Waals surface area contributed by atoms with E-state index in [9.17, 15) is 14.9 Å². The number of nitrogens with one attached hydrogen (secondary N) is 1. The monoisotopic (exact) mass is 472 g/mol. The summed E-state index contributed by atoms with van der Waals surface area (Å²) in [6.45, 7) is 2.29. The van der Waals surface area contributed by atoms with Gasteiger partial charge < -0.3 is 10.4 Å². The van der Waals surface area contributed by atoms with E-state index in [1.807, 2.05) is 35.8 Å². The van der Waals surface area contributed by atoms with Gasteiger partial charge in [0.2, 0.25) is 0 Å². The van der Waals surface area contributed by atoms with Gasteiger partial charge in [0.05, 0.1) is 28.7 Å². The van der Waals surface area contributed by atoms with Crippen molar-refractivity contribution in [3.05, 3.63) is 93.8 Å². The van der Waals surface area contributed by atoms with Crippen LogP contribution in [0.4, 0.5) is 0 Å². The molecule has 4 aromatic rings. The van der Waals surface area contributed by atoms with Crippen molar-refractivity contribution in [1.29, 1.82) is 5.26 Å². The molecule has 34 heavy (non-hydrogen) atoms. The van der Waals surface area contributed by atoms with Gasteiger partial charge >= 0.3 is 5.97 Å². The van der Waals surface area contributed by atoms with Crippen molar-refractivity contribution in [2.75, 3.05) is 6.54 Å². The van der Waals surface area contributed by atoms with E-state index in [0.29, 0.717) is 57.2 Å². The molecule has 0 fully saturated rings. The van der Waals surface area contributed by atoms with E-state index < -0.39 is 5.97 Å². The maximum atomic E-state index is 12.8. The predicted molar refractivity (Wildman–Crippen MR) is 129 cm³/mol. The number of aliphatic carboxylic acids is 1. The highest BCUT2D eigenvalue weighted by Crippen LogP contribution is 2.25. The quantitative estimate of drug-likeness (QED) is 0.413. The van der Waals surface area contributed by atoms with Crippen molar-refractivity contribution in [1.82, 2.24) is 14.9 Å². The fraction of sp³-hybridized carbons (Fsp3) is 0.154. The number of fused-ring (bicyclic) bond motifs is 1. The molecule has 4 rings (SSSR count). The van der Waals surface area contributed by atoms with Crippen LogP contribution in [-0.2, 0) is 17.6 Å². The summed E-state index contributed by atoms with van der Waals surface area (Å²) in [5, 5.41) is 22.3. The molecule has 0 aliphatic rings. The lowest BCUT2D eigenvalue weighted by Crippen LogP contribution is -2.25. The molecule has 0 saturated carbocycles. The zero-order valence-electron chi connectivity index (χ0n) is 18.4. The summed E-state index contributed by atoms with van der Waals surface area (Å²) in [6, 6.07) is 19.8. The van der Waals surface area contributed by atoms with Gasteiger partial charge in [0.1, 0.15) is 11.9 Å². The summed E-state index contributed by atoms with van der Waals surface area (Å²) in [5.41, 5.74) is 4.38. The lowest BCUT2D eigenvalue weighted by molar-refractivity contribution is -0.136. The molecule has 0 spiro atoms. The molecular weight excluding hydrogens is 452 g/mol. The largest absolute Gasteiger partial charge is 0.481 e. The molecule has 0 bridgehead atoms. The van der Waals surface area contributed by atoms with Crippen LogP contribution in [-0.4, -0.2) is 33.1 Å². The third-order valence-corrected chi connectivity index (χ3v) is 5.73. The van der Waals surface area contributed by atoms with Gasteiger partial charge in [-0.15, -0.1) is 0 Å².